The summed E-state index contributed by atoms with van der Waals surface area (Å²) in [6.45, 7) is 34.4. The molecule has 20 rings (SSSR count). The van der Waals surface area contributed by atoms with Crippen LogP contribution < -0.4 is 45.6 Å². The van der Waals surface area contributed by atoms with E-state index in [0.29, 0.717) is 158 Å². The van der Waals surface area contributed by atoms with Crippen molar-refractivity contribution >= 4 is 78.5 Å². The first-order valence-electron chi connectivity index (χ1n) is 47.8. The van der Waals surface area contributed by atoms with Gasteiger partial charge in [-0.2, -0.15) is 25.2 Å². The van der Waals surface area contributed by atoms with Crippen LogP contribution in [0.4, 0.5) is 49.6 Å². The third-order valence-corrected chi connectivity index (χ3v) is 27.9. The first kappa shape index (κ1) is 96.8. The Morgan fingerprint density at radius 2 is 0.721 bits per heavy atom. The van der Waals surface area contributed by atoms with Gasteiger partial charge in [-0.15, -0.1) is 13.2 Å². The van der Waals surface area contributed by atoms with Crippen LogP contribution in [0.1, 0.15) is 186 Å². The summed E-state index contributed by atoms with van der Waals surface area (Å²) in [7, 11) is 0. The molecule has 8 saturated heterocycles. The van der Waals surface area contributed by atoms with Crippen molar-refractivity contribution in [3.8, 4) is 57.6 Å². The first-order valence-corrected chi connectivity index (χ1v) is 48.2. The van der Waals surface area contributed by atoms with E-state index in [4.69, 9.17) is 63.6 Å². The predicted octanol–water partition coefficient (Wildman–Crippen LogP) is 18.0. The largest absolute Gasteiger partial charge is 0.573 e. The second-order valence-electron chi connectivity index (χ2n) is 37.4. The maximum absolute atomic E-state index is 15.0. The zero-order chi connectivity index (χ0) is 95.3. The number of anilines is 4. The highest BCUT2D eigenvalue weighted by Crippen LogP contribution is 2.46. The number of aryl methyl sites for hydroxylation is 10. The van der Waals surface area contributed by atoms with Gasteiger partial charge in [-0.3, -0.25) is 0 Å². The molecule has 4 N–H and O–H groups in total. The second kappa shape index (κ2) is 42.6. The number of ether oxygens (including phenoxy) is 5. The fraction of sp³-hybridized carbons (Fsp3) is 0.545. The summed E-state index contributed by atoms with van der Waals surface area (Å²) in [5.74, 6) is 4.03. The van der Waals surface area contributed by atoms with Gasteiger partial charge in [0.25, 0.3) is 23.6 Å². The van der Waals surface area contributed by atoms with Gasteiger partial charge in [0.05, 0.1) is 33.3 Å². The molecule has 8 aliphatic rings. The van der Waals surface area contributed by atoms with Crippen molar-refractivity contribution in [2.45, 2.75) is 259 Å². The van der Waals surface area contributed by atoms with E-state index >= 15 is 4.39 Å². The normalized spacial score (nSPS) is 20.1. The SMILES string of the molecule is CCc1cc(C#N)c2nc(N3CC[C@@H](NC4CCOCC4)C[C@H]3C)c(-c3nc(C)no3)c(C)c2c1.Cc1cc(F)c2nc(N3CC[C@@H](NC4CCOCC4)C[C@H]3C)c(-c3nc(C)no3)c(C)c2c1.Cc1noc(-c2c(N3CCC(NC4CCOCC4)CC3)nc3c(F)cc(Cl)cc3c2C)n1.Cc1noc(-c2c(N3CCC(NC4CCOCC4)CC3)nc3c(F)cc(OC(F)(F)F)cc3c2C)n1. The Balaban J connectivity index is 0.000000126. The number of rotatable bonds is 18. The number of benzene rings is 4. The number of halogens is 7. The second-order valence-corrected chi connectivity index (χ2v) is 37.8. The Kier molecular flexibility index (Phi) is 30.3. The fourth-order valence-corrected chi connectivity index (χ4v) is 20.8. The quantitative estimate of drug-likeness (QED) is 0.0580. The highest BCUT2D eigenvalue weighted by molar-refractivity contribution is 6.31. The van der Waals surface area contributed by atoms with Gasteiger partial charge in [-0.05, 0) is 261 Å². The van der Waals surface area contributed by atoms with Gasteiger partial charge in [0.15, 0.2) is 34.9 Å². The summed E-state index contributed by atoms with van der Waals surface area (Å²) in [5.41, 5.74) is 10.1. The van der Waals surface area contributed by atoms with Gasteiger partial charge >= 0.3 is 6.36 Å². The average molecular weight is 1900 g/mol. The standard InChI is InChI=1S/C27H34N6O2.C25H32FN5O2.C24H27F4N5O3.C23H27ClFN5O2/c1-5-19-13-20(15-28)25-23(14-19)17(3)24(27-29-18(4)32-35-27)26(31-25)33-9-6-22(12-16(33)2)30-21-7-10-34-11-8-21;1-14-11-20-16(3)22(25-27-17(4)30-33-25)24(29-23(20)21(26)12-14)31-8-5-19(13-15(31)2)28-18-6-9-32-10-7-18;1-13-18-11-17(35-24(26,27)28)12-19(25)21(18)31-22(20(13)23-29-14(2)32-36-23)33-7-3-15(4-8-33)30-16-5-9-34-10-6-16;1-13-18-11-15(24)12-19(25)21(18)28-22(20(13)23-26-14(2)29-32-23)30-7-3-16(4-8-30)27-17-5-9-31-10-6-17/h13-14,16,21-22,30H,5-12H2,1-4H3;11-12,15,18-19,28H,5-10,13H2,1-4H3;11-12,15-16,30H,3-10H2,1-2H3;11-12,16-17,27H,3-10H2,1-2H3/t16-,22-;15-,19-;;/m11../s1. The molecular formula is C99H120ClF6N21O9. The maximum Gasteiger partial charge on any atom is 0.573 e. The first-order chi connectivity index (χ1) is 65.5. The van der Waals surface area contributed by atoms with Crippen LogP contribution in [-0.2, 0) is 25.4 Å². The minimum absolute atomic E-state index is 0.0422. The van der Waals surface area contributed by atoms with Crippen LogP contribution >= 0.6 is 11.6 Å². The predicted molar refractivity (Wildman–Crippen MR) is 506 cm³/mol. The molecule has 4 aromatic carbocycles. The van der Waals surface area contributed by atoms with Crippen LogP contribution in [0.2, 0.25) is 5.02 Å². The molecule has 30 nitrogen and oxygen atoms in total. The number of aromatic nitrogens is 12. The molecule has 4 atom stereocenters. The summed E-state index contributed by atoms with van der Waals surface area (Å²) >= 11 is 6.14. The van der Waals surface area contributed by atoms with Crippen molar-refractivity contribution in [2.75, 3.05) is 112 Å². The van der Waals surface area contributed by atoms with Gasteiger partial charge in [0.1, 0.15) is 57.5 Å². The molecule has 136 heavy (non-hydrogen) atoms. The number of nitriles is 1. The van der Waals surface area contributed by atoms with E-state index in [1.54, 1.807) is 39.8 Å². The van der Waals surface area contributed by atoms with Crippen molar-refractivity contribution in [1.82, 2.24) is 81.8 Å². The van der Waals surface area contributed by atoms with Crippen molar-refractivity contribution in [2.24, 2.45) is 0 Å². The Bertz CT molecular complexity index is 6270. The number of alkyl halides is 3. The molecule has 8 aromatic heterocycles. The van der Waals surface area contributed by atoms with Gasteiger partial charge in [0.2, 0.25) is 0 Å². The molecule has 0 saturated carbocycles. The number of piperidine rings is 4. The maximum atomic E-state index is 15.0. The Hall–Kier alpha value is -10.9. The van der Waals surface area contributed by atoms with E-state index in [-0.39, 0.29) is 34.7 Å². The molecule has 724 valence electrons. The van der Waals surface area contributed by atoms with Crippen LogP contribution in [-0.4, -0.2) is 219 Å². The van der Waals surface area contributed by atoms with Crippen molar-refractivity contribution in [1.29, 1.82) is 5.26 Å². The number of pyridine rings is 4. The highest BCUT2D eigenvalue weighted by atomic mass is 35.5. The van der Waals surface area contributed by atoms with Crippen LogP contribution in [0, 0.1) is 91.1 Å². The zero-order valence-corrected chi connectivity index (χ0v) is 80.0. The van der Waals surface area contributed by atoms with Gasteiger partial charge < -0.3 is 82.6 Å². The van der Waals surface area contributed by atoms with E-state index < -0.39 is 23.7 Å². The average Bonchev–Trinajstić information content (AvgIpc) is 1.35. The molecule has 8 aliphatic heterocycles. The topological polar surface area (TPSA) is 338 Å². The van der Waals surface area contributed by atoms with Crippen molar-refractivity contribution in [3.63, 3.8) is 0 Å². The number of nitrogens with zero attached hydrogens (tertiary/aromatic N) is 17. The lowest BCUT2D eigenvalue weighted by molar-refractivity contribution is -0.274. The van der Waals surface area contributed by atoms with Crippen LogP contribution in [0.5, 0.6) is 5.75 Å². The number of fused-ring (bicyclic) bond motifs is 4. The van der Waals surface area contributed by atoms with E-state index in [0.717, 1.165) is 267 Å². The molecule has 8 fully saturated rings. The highest BCUT2D eigenvalue weighted by Gasteiger charge is 2.39. The summed E-state index contributed by atoms with van der Waals surface area (Å²) in [6.07, 6.45) is 12.1. The van der Waals surface area contributed by atoms with Gasteiger partial charge in [-0.25, -0.2) is 33.1 Å². The minimum atomic E-state index is -4.95. The fourth-order valence-electron chi connectivity index (χ4n) is 20.6. The molecule has 0 radical (unpaired) electrons. The third kappa shape index (κ3) is 22.1. The molecule has 37 heteroatoms. The Morgan fingerprint density at radius 3 is 1.08 bits per heavy atom. The molecule has 0 unspecified atom stereocenters. The lowest BCUT2D eigenvalue weighted by atomic mass is 9.94. The summed E-state index contributed by atoms with van der Waals surface area (Å²) in [5, 5.41) is 43.9. The van der Waals surface area contributed by atoms with Crippen molar-refractivity contribution < 1.29 is 68.1 Å². The molecule has 0 amide bonds. The number of hydrogen-bond acceptors (Lipinski definition) is 30. The molecule has 16 heterocycles. The smallest absolute Gasteiger partial charge is 0.406 e. The monoisotopic (exact) mass is 1900 g/mol. The summed E-state index contributed by atoms with van der Waals surface area (Å²) in [6, 6.07) is 19.1. The van der Waals surface area contributed by atoms with E-state index in [1.165, 1.54) is 6.07 Å². The zero-order valence-electron chi connectivity index (χ0n) is 79.2. The Labute approximate surface area is 791 Å². The lowest BCUT2D eigenvalue weighted by Gasteiger charge is -2.41. The third-order valence-electron chi connectivity index (χ3n) is 27.7. The van der Waals surface area contributed by atoms with E-state index in [2.05, 4.69) is 126 Å². The van der Waals surface area contributed by atoms with Crippen LogP contribution in [0.25, 0.3) is 89.4 Å². The summed E-state index contributed by atoms with van der Waals surface area (Å²) in [4.78, 5) is 46.1. The molecular weight excluding hydrogens is 1780 g/mol. The summed E-state index contributed by atoms with van der Waals surface area (Å²) < 4.78 is 131. The molecule has 0 spiro atoms. The van der Waals surface area contributed by atoms with E-state index in [1.807, 2.05) is 44.7 Å². The molecule has 0 aliphatic carbocycles. The van der Waals surface area contributed by atoms with Gasteiger partial charge in [-0.1, -0.05) is 39.2 Å². The number of hydrogen-bond donors (Lipinski definition) is 4. The van der Waals surface area contributed by atoms with Gasteiger partial charge in [0, 0.05) is 185 Å². The Morgan fingerprint density at radius 1 is 0.397 bits per heavy atom. The number of nitrogens with one attached hydrogen (secondary N) is 4. The molecule has 12 aromatic rings. The molecule has 0 bridgehead atoms. The van der Waals surface area contributed by atoms with Crippen LogP contribution in [0.15, 0.2) is 66.6 Å². The lowest BCUT2D eigenvalue weighted by Crippen LogP contribution is -2.51. The van der Waals surface area contributed by atoms with Crippen LogP contribution in [0.3, 0.4) is 0 Å². The minimum Gasteiger partial charge on any atom is -0.406 e. The van der Waals surface area contributed by atoms with Crippen molar-refractivity contribution in [3.05, 3.63) is 133 Å². The van der Waals surface area contributed by atoms with E-state index in [9.17, 15) is 27.2 Å².